The first-order valence-corrected chi connectivity index (χ1v) is 7.97. The van der Waals surface area contributed by atoms with Gasteiger partial charge in [0.15, 0.2) is 5.96 Å². The van der Waals surface area contributed by atoms with Crippen molar-refractivity contribution in [1.29, 1.82) is 0 Å². The largest absolute Gasteiger partial charge is 0.355 e. The van der Waals surface area contributed by atoms with Gasteiger partial charge in [-0.25, -0.2) is 0 Å². The van der Waals surface area contributed by atoms with Crippen molar-refractivity contribution in [2.24, 2.45) is 4.99 Å². The second-order valence-electron chi connectivity index (χ2n) is 5.06. The zero-order chi connectivity index (χ0) is 14.4. The molecule has 0 spiro atoms. The molecule has 1 aromatic rings. The lowest BCUT2D eigenvalue weighted by Gasteiger charge is -2.32. The van der Waals surface area contributed by atoms with Crippen LogP contribution in [-0.2, 0) is 13.0 Å². The molecule has 0 amide bonds. The number of nitrogens with one attached hydrogen (secondary N) is 2. The number of guanidine groups is 1. The van der Waals surface area contributed by atoms with E-state index in [2.05, 4.69) is 45.5 Å². The van der Waals surface area contributed by atoms with Gasteiger partial charge in [-0.15, -0.1) is 41.9 Å². The maximum Gasteiger partial charge on any atom is 0.191 e. The number of thiophene rings is 1. The monoisotopic (exact) mass is 420 g/mol. The van der Waals surface area contributed by atoms with Crippen LogP contribution in [0.4, 0.5) is 0 Å². The molecule has 2 rings (SSSR count). The molecule has 1 aliphatic rings. The highest BCUT2D eigenvalue weighted by Gasteiger charge is 2.21. The van der Waals surface area contributed by atoms with Crippen LogP contribution in [0.15, 0.2) is 29.1 Å². The summed E-state index contributed by atoms with van der Waals surface area (Å²) in [6.45, 7) is 9.82. The molecule has 0 aromatic carbocycles. The standard InChI is InChI=1S/C15H24N4S.HI/c1-4-7-17-15(16-3)18-10-12(2)19-8-5-14-13(11-19)6-9-20-14;/h4,6,9,12H,1,5,7-8,10-11H2,2-3H3,(H2,16,17,18);1H. The van der Waals surface area contributed by atoms with Crippen molar-refractivity contribution in [2.75, 3.05) is 26.7 Å². The Morgan fingerprint density at radius 2 is 2.38 bits per heavy atom. The van der Waals surface area contributed by atoms with Gasteiger partial charge in [0.25, 0.3) is 0 Å². The van der Waals surface area contributed by atoms with Gasteiger partial charge in [0.2, 0.25) is 0 Å². The highest BCUT2D eigenvalue weighted by molar-refractivity contribution is 14.0. The van der Waals surface area contributed by atoms with E-state index in [0.717, 1.165) is 32.1 Å². The van der Waals surface area contributed by atoms with Crippen LogP contribution in [0.3, 0.4) is 0 Å². The van der Waals surface area contributed by atoms with Crippen LogP contribution in [-0.4, -0.2) is 43.6 Å². The van der Waals surface area contributed by atoms with Gasteiger partial charge in [-0.3, -0.25) is 9.89 Å². The molecule has 0 saturated carbocycles. The molecule has 6 heteroatoms. The van der Waals surface area contributed by atoms with E-state index >= 15 is 0 Å². The van der Waals surface area contributed by atoms with Crippen LogP contribution in [0.2, 0.25) is 0 Å². The Morgan fingerprint density at radius 3 is 3.10 bits per heavy atom. The molecule has 2 N–H and O–H groups in total. The van der Waals surface area contributed by atoms with Crippen LogP contribution in [0.25, 0.3) is 0 Å². The zero-order valence-corrected chi connectivity index (χ0v) is 15.9. The number of hydrogen-bond donors (Lipinski definition) is 2. The summed E-state index contributed by atoms with van der Waals surface area (Å²) in [6, 6.07) is 2.75. The van der Waals surface area contributed by atoms with E-state index in [1.54, 1.807) is 11.9 Å². The van der Waals surface area contributed by atoms with Crippen LogP contribution in [0.5, 0.6) is 0 Å². The summed E-state index contributed by atoms with van der Waals surface area (Å²) < 4.78 is 0. The van der Waals surface area contributed by atoms with E-state index in [9.17, 15) is 0 Å². The minimum Gasteiger partial charge on any atom is -0.355 e. The molecule has 0 saturated heterocycles. The highest BCUT2D eigenvalue weighted by Crippen LogP contribution is 2.24. The molecule has 0 aliphatic carbocycles. The second-order valence-corrected chi connectivity index (χ2v) is 6.06. The molecule has 1 aromatic heterocycles. The SMILES string of the molecule is C=CCNC(=NC)NCC(C)N1CCc2sccc2C1.I. The fraction of sp³-hybridized carbons (Fsp3) is 0.533. The van der Waals surface area contributed by atoms with Crippen molar-refractivity contribution in [3.8, 4) is 0 Å². The topological polar surface area (TPSA) is 39.7 Å². The summed E-state index contributed by atoms with van der Waals surface area (Å²) in [5.41, 5.74) is 1.50. The Balaban J connectivity index is 0.00000220. The van der Waals surface area contributed by atoms with E-state index in [4.69, 9.17) is 0 Å². The molecule has 4 nitrogen and oxygen atoms in total. The second kappa shape index (κ2) is 9.42. The lowest BCUT2D eigenvalue weighted by Crippen LogP contribution is -2.47. The predicted molar refractivity (Wildman–Crippen MR) is 103 cm³/mol. The third kappa shape index (κ3) is 5.27. The lowest BCUT2D eigenvalue weighted by molar-refractivity contribution is 0.192. The minimum absolute atomic E-state index is 0. The van der Waals surface area contributed by atoms with Crippen molar-refractivity contribution < 1.29 is 0 Å². The van der Waals surface area contributed by atoms with Gasteiger partial charge < -0.3 is 10.6 Å². The van der Waals surface area contributed by atoms with Crippen LogP contribution >= 0.6 is 35.3 Å². The maximum absolute atomic E-state index is 4.20. The quantitative estimate of drug-likeness (QED) is 0.333. The summed E-state index contributed by atoms with van der Waals surface area (Å²) in [6.07, 6.45) is 3.01. The molecule has 0 fully saturated rings. The van der Waals surface area contributed by atoms with Crippen molar-refractivity contribution in [1.82, 2.24) is 15.5 Å². The average molecular weight is 420 g/mol. The molecule has 2 heterocycles. The zero-order valence-electron chi connectivity index (χ0n) is 12.8. The van der Waals surface area contributed by atoms with Crippen molar-refractivity contribution >= 4 is 41.3 Å². The minimum atomic E-state index is 0. The fourth-order valence-corrected chi connectivity index (χ4v) is 3.30. The smallest absolute Gasteiger partial charge is 0.191 e. The summed E-state index contributed by atoms with van der Waals surface area (Å²) in [4.78, 5) is 8.29. The number of hydrogen-bond acceptors (Lipinski definition) is 3. The first-order chi connectivity index (χ1) is 9.74. The number of aliphatic imine (C=N–C) groups is 1. The molecule has 118 valence electrons. The molecule has 0 radical (unpaired) electrons. The molecule has 1 aliphatic heterocycles. The Hall–Kier alpha value is -0.600. The van der Waals surface area contributed by atoms with Crippen LogP contribution in [0, 0.1) is 0 Å². The molecule has 1 atom stereocenters. The summed E-state index contributed by atoms with van der Waals surface area (Å²) in [5.74, 6) is 0.838. The molecule has 21 heavy (non-hydrogen) atoms. The van der Waals surface area contributed by atoms with Crippen molar-refractivity contribution in [2.45, 2.75) is 25.9 Å². The van der Waals surface area contributed by atoms with E-state index in [0.29, 0.717) is 6.04 Å². The Labute approximate surface area is 148 Å². The van der Waals surface area contributed by atoms with Gasteiger partial charge >= 0.3 is 0 Å². The summed E-state index contributed by atoms with van der Waals surface area (Å²) in [7, 11) is 1.79. The number of fused-ring (bicyclic) bond motifs is 1. The first kappa shape index (κ1) is 18.4. The van der Waals surface area contributed by atoms with E-state index < -0.39 is 0 Å². The Bertz CT molecular complexity index is 472. The van der Waals surface area contributed by atoms with E-state index in [1.807, 2.05) is 17.4 Å². The van der Waals surface area contributed by atoms with Crippen LogP contribution in [0.1, 0.15) is 17.4 Å². The maximum atomic E-state index is 4.20. The van der Waals surface area contributed by atoms with Crippen molar-refractivity contribution in [3.63, 3.8) is 0 Å². The lowest BCUT2D eigenvalue weighted by atomic mass is 10.1. The van der Waals surface area contributed by atoms with E-state index in [-0.39, 0.29) is 24.0 Å². The number of halogens is 1. The fourth-order valence-electron chi connectivity index (χ4n) is 2.41. The van der Waals surface area contributed by atoms with Crippen molar-refractivity contribution in [3.05, 3.63) is 34.5 Å². The molecular weight excluding hydrogens is 395 g/mol. The van der Waals surface area contributed by atoms with Gasteiger partial charge in [0.1, 0.15) is 0 Å². The molecular formula is C15H25IN4S. The molecule has 1 unspecified atom stereocenters. The van der Waals surface area contributed by atoms with Crippen LogP contribution < -0.4 is 10.6 Å². The van der Waals surface area contributed by atoms with Gasteiger partial charge in [-0.1, -0.05) is 6.08 Å². The molecule has 0 bridgehead atoms. The van der Waals surface area contributed by atoms with E-state index in [1.165, 1.54) is 12.0 Å². The van der Waals surface area contributed by atoms with Gasteiger partial charge in [-0.2, -0.15) is 0 Å². The first-order valence-electron chi connectivity index (χ1n) is 7.09. The number of nitrogens with zero attached hydrogens (tertiary/aromatic N) is 2. The predicted octanol–water partition coefficient (Wildman–Crippen LogP) is 2.46. The third-order valence-corrected chi connectivity index (χ3v) is 4.69. The Kier molecular flexibility index (Phi) is 8.28. The van der Waals surface area contributed by atoms with Gasteiger partial charge in [0.05, 0.1) is 0 Å². The Morgan fingerprint density at radius 1 is 1.57 bits per heavy atom. The normalized spacial score (nSPS) is 16.6. The third-order valence-electron chi connectivity index (χ3n) is 3.66. The average Bonchev–Trinajstić information content (AvgIpc) is 2.94. The number of rotatable bonds is 5. The summed E-state index contributed by atoms with van der Waals surface area (Å²) >= 11 is 1.89. The van der Waals surface area contributed by atoms with Gasteiger partial charge in [-0.05, 0) is 30.4 Å². The van der Waals surface area contributed by atoms with Gasteiger partial charge in [0, 0.05) is 44.1 Å². The highest BCUT2D eigenvalue weighted by atomic mass is 127. The summed E-state index contributed by atoms with van der Waals surface area (Å²) in [5, 5.41) is 8.77.